The average Bonchev–Trinajstić information content (AvgIpc) is 2.55. The van der Waals surface area contributed by atoms with Crippen LogP contribution in [-0.4, -0.2) is 63.7 Å². The highest BCUT2D eigenvalue weighted by Gasteiger charge is 2.03. The highest BCUT2D eigenvalue weighted by molar-refractivity contribution is 7.98. The Balaban J connectivity index is 2.28. The van der Waals surface area contributed by atoms with E-state index in [1.54, 1.807) is 0 Å². The van der Waals surface area contributed by atoms with Crippen LogP contribution in [0.25, 0.3) is 0 Å². The van der Waals surface area contributed by atoms with Crippen LogP contribution < -0.4 is 11.5 Å². The van der Waals surface area contributed by atoms with Crippen molar-refractivity contribution in [2.24, 2.45) is 11.5 Å². The molecule has 0 aliphatic rings. The van der Waals surface area contributed by atoms with E-state index >= 15 is 0 Å². The lowest BCUT2D eigenvalue weighted by molar-refractivity contribution is 0.544. The number of pyridine rings is 1. The molecule has 0 aliphatic carbocycles. The number of thioether (sulfide) groups is 2. The smallest absolute Gasteiger partial charge is 0.166 e. The van der Waals surface area contributed by atoms with Crippen molar-refractivity contribution in [1.82, 2.24) is 14.8 Å². The molecular formula is C15H25N5S4. The summed E-state index contributed by atoms with van der Waals surface area (Å²) in [6, 6.07) is 4.24. The van der Waals surface area contributed by atoms with Gasteiger partial charge in [0, 0.05) is 56.4 Å². The Labute approximate surface area is 163 Å². The number of hydrogen-bond acceptors (Lipinski definition) is 5. The molecule has 1 rings (SSSR count). The van der Waals surface area contributed by atoms with Gasteiger partial charge in [0.05, 0.1) is 5.69 Å². The van der Waals surface area contributed by atoms with Gasteiger partial charge in [0.25, 0.3) is 0 Å². The predicted octanol–water partition coefficient (Wildman–Crippen LogP) is 1.90. The summed E-state index contributed by atoms with van der Waals surface area (Å²) in [5.41, 5.74) is 13.5. The fraction of sp³-hybridized carbons (Fsp3) is 0.533. The summed E-state index contributed by atoms with van der Waals surface area (Å²) in [5.74, 6) is 3.83. The molecule has 134 valence electrons. The van der Waals surface area contributed by atoms with Crippen molar-refractivity contribution in [3.8, 4) is 0 Å². The van der Waals surface area contributed by atoms with Gasteiger partial charge in [-0.1, -0.05) is 0 Å². The number of nitrogens with two attached hydrogens (primary N) is 2. The second-order valence-electron chi connectivity index (χ2n) is 5.28. The molecule has 0 atom stereocenters. The number of thiocarbonyl (C=S) groups is 2. The molecule has 1 heterocycles. The van der Waals surface area contributed by atoms with Crippen molar-refractivity contribution in [3.63, 3.8) is 0 Å². The van der Waals surface area contributed by atoms with Crippen molar-refractivity contribution >= 4 is 58.2 Å². The monoisotopic (exact) mass is 403 g/mol. The predicted molar refractivity (Wildman–Crippen MR) is 115 cm³/mol. The molecule has 0 saturated carbocycles. The maximum Gasteiger partial charge on any atom is 0.166 e. The molecule has 5 nitrogen and oxygen atoms in total. The lowest BCUT2D eigenvalue weighted by Gasteiger charge is -2.16. The molecule has 0 saturated heterocycles. The summed E-state index contributed by atoms with van der Waals surface area (Å²) >= 11 is 13.6. The molecule has 0 amide bonds. The van der Waals surface area contributed by atoms with Crippen LogP contribution in [0.15, 0.2) is 18.3 Å². The molecule has 0 bridgehead atoms. The lowest BCUT2D eigenvalue weighted by atomic mass is 10.2. The first-order valence-corrected chi connectivity index (χ1v) is 10.6. The molecule has 1 aromatic rings. The Morgan fingerprint density at radius 3 is 2.12 bits per heavy atom. The average molecular weight is 404 g/mol. The maximum atomic E-state index is 5.56. The van der Waals surface area contributed by atoms with E-state index in [-0.39, 0.29) is 0 Å². The molecule has 0 radical (unpaired) electrons. The second-order valence-corrected chi connectivity index (χ2v) is 8.33. The van der Waals surface area contributed by atoms with E-state index in [4.69, 9.17) is 35.9 Å². The van der Waals surface area contributed by atoms with Gasteiger partial charge in [0.2, 0.25) is 0 Å². The normalized spacial score (nSPS) is 10.4. The molecular weight excluding hydrogens is 378 g/mol. The van der Waals surface area contributed by atoms with Gasteiger partial charge in [-0.05, 0) is 42.1 Å². The van der Waals surface area contributed by atoms with Gasteiger partial charge in [-0.3, -0.25) is 4.98 Å². The molecule has 24 heavy (non-hydrogen) atoms. The minimum atomic E-state index is 0.439. The number of rotatable bonds is 10. The van der Waals surface area contributed by atoms with E-state index in [0.29, 0.717) is 10.2 Å². The van der Waals surface area contributed by atoms with Crippen molar-refractivity contribution in [3.05, 3.63) is 29.6 Å². The Bertz CT molecular complexity index is 497. The zero-order chi connectivity index (χ0) is 17.9. The topological polar surface area (TPSA) is 71.4 Å². The highest BCUT2D eigenvalue weighted by Crippen LogP contribution is 2.16. The molecule has 0 fully saturated rings. The van der Waals surface area contributed by atoms with E-state index in [2.05, 4.69) is 17.1 Å². The standard InChI is InChI=1S/C15H25N5S4/c1-19(14(16)21)5-7-23-10-12-3-4-18-13(9-12)11-24-8-6-20(2)15(17)22/h3-4,9H,5-8,10-11H2,1-2H3,(H2,16,21)(H2,17,22). The van der Waals surface area contributed by atoms with Crippen LogP contribution in [-0.2, 0) is 11.5 Å². The zero-order valence-electron chi connectivity index (χ0n) is 14.1. The summed E-state index contributed by atoms with van der Waals surface area (Å²) in [7, 11) is 3.83. The number of hydrogen-bond donors (Lipinski definition) is 2. The first-order valence-electron chi connectivity index (χ1n) is 7.50. The summed E-state index contributed by atoms with van der Waals surface area (Å²) in [4.78, 5) is 8.21. The molecule has 0 spiro atoms. The minimum absolute atomic E-state index is 0.439. The van der Waals surface area contributed by atoms with Crippen molar-refractivity contribution in [1.29, 1.82) is 0 Å². The molecule has 0 unspecified atom stereocenters. The van der Waals surface area contributed by atoms with Crippen molar-refractivity contribution in [2.45, 2.75) is 11.5 Å². The first-order chi connectivity index (χ1) is 11.4. The van der Waals surface area contributed by atoms with Crippen molar-refractivity contribution in [2.75, 3.05) is 38.7 Å². The Kier molecular flexibility index (Phi) is 10.4. The fourth-order valence-electron chi connectivity index (χ4n) is 1.69. The van der Waals surface area contributed by atoms with E-state index in [1.165, 1.54) is 5.56 Å². The summed E-state index contributed by atoms with van der Waals surface area (Å²) in [6.07, 6.45) is 1.88. The van der Waals surface area contributed by atoms with Gasteiger partial charge in [-0.15, -0.1) is 0 Å². The minimum Gasteiger partial charge on any atom is -0.376 e. The summed E-state index contributed by atoms with van der Waals surface area (Å²) in [6.45, 7) is 1.72. The Morgan fingerprint density at radius 1 is 1.04 bits per heavy atom. The maximum absolute atomic E-state index is 5.56. The largest absolute Gasteiger partial charge is 0.376 e. The molecule has 4 N–H and O–H groups in total. The van der Waals surface area contributed by atoms with E-state index in [1.807, 2.05) is 53.6 Å². The lowest BCUT2D eigenvalue weighted by Crippen LogP contribution is -2.33. The van der Waals surface area contributed by atoms with Crippen LogP contribution >= 0.6 is 48.0 Å². The SMILES string of the molecule is CN(CCSCc1ccnc(CSCCN(C)C(N)=S)c1)C(N)=S. The third-order valence-corrected chi connectivity index (χ3v) is 5.90. The van der Waals surface area contributed by atoms with Gasteiger partial charge in [0.15, 0.2) is 10.2 Å². The van der Waals surface area contributed by atoms with Gasteiger partial charge in [0.1, 0.15) is 0 Å². The first kappa shape index (κ1) is 21.3. The van der Waals surface area contributed by atoms with Crippen LogP contribution in [0.2, 0.25) is 0 Å². The van der Waals surface area contributed by atoms with Gasteiger partial charge in [-0.2, -0.15) is 23.5 Å². The van der Waals surface area contributed by atoms with Crippen LogP contribution in [0.1, 0.15) is 11.3 Å². The quantitative estimate of drug-likeness (QED) is 0.450. The Hall–Kier alpha value is -0.770. The fourth-order valence-corrected chi connectivity index (χ4v) is 3.75. The third kappa shape index (κ3) is 8.91. The van der Waals surface area contributed by atoms with E-state index < -0.39 is 0 Å². The van der Waals surface area contributed by atoms with Gasteiger partial charge in [-0.25, -0.2) is 0 Å². The number of nitrogens with zero attached hydrogens (tertiary/aromatic N) is 3. The van der Waals surface area contributed by atoms with Crippen LogP contribution in [0.4, 0.5) is 0 Å². The Morgan fingerprint density at radius 2 is 1.58 bits per heavy atom. The van der Waals surface area contributed by atoms with E-state index in [9.17, 15) is 0 Å². The van der Waals surface area contributed by atoms with Crippen molar-refractivity contribution < 1.29 is 0 Å². The van der Waals surface area contributed by atoms with Gasteiger partial charge < -0.3 is 21.3 Å². The molecule has 0 aromatic carbocycles. The second kappa shape index (κ2) is 11.7. The van der Waals surface area contributed by atoms with Crippen LogP contribution in [0.5, 0.6) is 0 Å². The van der Waals surface area contributed by atoms with Gasteiger partial charge >= 0.3 is 0 Å². The van der Waals surface area contributed by atoms with E-state index in [0.717, 1.165) is 41.8 Å². The summed E-state index contributed by atoms with van der Waals surface area (Å²) in [5, 5.41) is 0.883. The summed E-state index contributed by atoms with van der Waals surface area (Å²) < 4.78 is 0. The molecule has 9 heteroatoms. The zero-order valence-corrected chi connectivity index (χ0v) is 17.4. The highest BCUT2D eigenvalue weighted by atomic mass is 32.2. The van der Waals surface area contributed by atoms with Crippen LogP contribution in [0, 0.1) is 0 Å². The van der Waals surface area contributed by atoms with Crippen LogP contribution in [0.3, 0.4) is 0 Å². The third-order valence-electron chi connectivity index (χ3n) is 3.29. The molecule has 0 aliphatic heterocycles. The molecule has 1 aromatic heterocycles. The number of aromatic nitrogens is 1.